The lowest BCUT2D eigenvalue weighted by molar-refractivity contribution is 1.43. The molecule has 1 rings (SSSR count). The second-order valence-electron chi connectivity index (χ2n) is 2.59. The summed E-state index contributed by atoms with van der Waals surface area (Å²) in [4.78, 5) is 7.96. The molecule has 2 nitrogen and oxygen atoms in total. The zero-order chi connectivity index (χ0) is 8.97. The number of nitrogens with zero attached hydrogens (tertiary/aromatic N) is 2. The molecule has 0 saturated heterocycles. The van der Waals surface area contributed by atoms with Gasteiger partial charge in [0, 0.05) is 7.05 Å². The Morgan fingerprint density at radius 2 is 2.25 bits per heavy atom. The fourth-order valence-electron chi connectivity index (χ4n) is 1.02. The van der Waals surface area contributed by atoms with Crippen molar-refractivity contribution in [2.75, 3.05) is 7.05 Å². The zero-order valence-electron chi connectivity index (χ0n) is 7.41. The van der Waals surface area contributed by atoms with Gasteiger partial charge < -0.3 is 0 Å². The summed E-state index contributed by atoms with van der Waals surface area (Å²) in [5.41, 5.74) is 2.99. The minimum absolute atomic E-state index is 0.920. The maximum atomic E-state index is 4.17. The van der Waals surface area contributed by atoms with Crippen LogP contribution in [-0.2, 0) is 0 Å². The Morgan fingerprint density at radius 1 is 1.50 bits per heavy atom. The van der Waals surface area contributed by atoms with Crippen LogP contribution >= 0.6 is 0 Å². The first-order chi connectivity index (χ1) is 5.75. The summed E-state index contributed by atoms with van der Waals surface area (Å²) in [7, 11) is 1.70. The van der Waals surface area contributed by atoms with Crippen LogP contribution in [-0.4, -0.2) is 19.1 Å². The topological polar surface area (TPSA) is 24.7 Å². The van der Waals surface area contributed by atoms with Gasteiger partial charge in [-0.1, -0.05) is 24.8 Å². The molecule has 0 atom stereocenters. The third-order valence-electron chi connectivity index (χ3n) is 1.62. The SMILES string of the molecule is C=C1C=CC=C(C)/C1=N/C=N\C. The number of hydrogen-bond acceptors (Lipinski definition) is 1. The molecule has 12 heavy (non-hydrogen) atoms. The van der Waals surface area contributed by atoms with Crippen molar-refractivity contribution in [1.82, 2.24) is 0 Å². The molecule has 0 bridgehead atoms. The van der Waals surface area contributed by atoms with E-state index in [4.69, 9.17) is 0 Å². The normalized spacial score (nSPS) is 20.7. The van der Waals surface area contributed by atoms with Crippen LogP contribution in [0.4, 0.5) is 0 Å². The van der Waals surface area contributed by atoms with Crippen molar-refractivity contribution in [3.8, 4) is 0 Å². The summed E-state index contributed by atoms with van der Waals surface area (Å²) in [6, 6.07) is 0. The maximum absolute atomic E-state index is 4.17. The predicted molar refractivity (Wildman–Crippen MR) is 53.9 cm³/mol. The quantitative estimate of drug-likeness (QED) is 0.415. The highest BCUT2D eigenvalue weighted by Crippen LogP contribution is 2.12. The molecule has 62 valence electrons. The van der Waals surface area contributed by atoms with Gasteiger partial charge in [-0.15, -0.1) is 0 Å². The average Bonchev–Trinajstić information content (AvgIpc) is 2.04. The van der Waals surface area contributed by atoms with Gasteiger partial charge in [0.15, 0.2) is 0 Å². The molecule has 0 saturated carbocycles. The molecule has 0 aliphatic heterocycles. The second kappa shape index (κ2) is 3.81. The lowest BCUT2D eigenvalue weighted by atomic mass is 10.0. The van der Waals surface area contributed by atoms with Gasteiger partial charge in [-0.3, -0.25) is 4.99 Å². The van der Waals surface area contributed by atoms with E-state index in [1.165, 1.54) is 6.34 Å². The number of rotatable bonds is 1. The molecule has 0 radical (unpaired) electrons. The summed E-state index contributed by atoms with van der Waals surface area (Å²) in [5.74, 6) is 0. The third-order valence-corrected chi connectivity index (χ3v) is 1.62. The number of hydrogen-bond donors (Lipinski definition) is 0. The van der Waals surface area contributed by atoms with Crippen LogP contribution in [0.2, 0.25) is 0 Å². The van der Waals surface area contributed by atoms with Crippen LogP contribution in [0.3, 0.4) is 0 Å². The highest BCUT2D eigenvalue weighted by molar-refractivity contribution is 6.16. The van der Waals surface area contributed by atoms with Gasteiger partial charge >= 0.3 is 0 Å². The van der Waals surface area contributed by atoms with E-state index in [0.29, 0.717) is 0 Å². The standard InChI is InChI=1S/C10H12N2/c1-8-5-4-6-9(2)10(8)12-7-11-3/h4-7H,1H2,2-3H3/b11-7-,12-10+. The molecule has 2 heteroatoms. The van der Waals surface area contributed by atoms with Crippen LogP contribution in [0.1, 0.15) is 6.92 Å². The van der Waals surface area contributed by atoms with E-state index in [0.717, 1.165) is 16.9 Å². The van der Waals surface area contributed by atoms with Crippen LogP contribution in [0.25, 0.3) is 0 Å². The van der Waals surface area contributed by atoms with E-state index in [-0.39, 0.29) is 0 Å². The Kier molecular flexibility index (Phi) is 2.75. The van der Waals surface area contributed by atoms with E-state index < -0.39 is 0 Å². The van der Waals surface area contributed by atoms with Gasteiger partial charge in [-0.25, -0.2) is 4.99 Å². The molecule has 0 heterocycles. The van der Waals surface area contributed by atoms with Gasteiger partial charge in [-0.05, 0) is 18.1 Å². The second-order valence-corrected chi connectivity index (χ2v) is 2.59. The van der Waals surface area contributed by atoms with Crippen LogP contribution in [0.15, 0.2) is 45.9 Å². The summed E-state index contributed by atoms with van der Waals surface area (Å²) >= 11 is 0. The maximum Gasteiger partial charge on any atom is 0.110 e. The number of aliphatic imine (C=N–C) groups is 2. The monoisotopic (exact) mass is 160 g/mol. The molecule has 0 aromatic rings. The molecule has 0 aromatic heterocycles. The average molecular weight is 160 g/mol. The van der Waals surface area contributed by atoms with Crippen LogP contribution < -0.4 is 0 Å². The Hall–Kier alpha value is -1.44. The third kappa shape index (κ3) is 1.78. The van der Waals surface area contributed by atoms with E-state index in [1.54, 1.807) is 7.05 Å². The Labute approximate surface area is 72.7 Å². The van der Waals surface area contributed by atoms with Crippen molar-refractivity contribution in [2.24, 2.45) is 9.98 Å². The minimum Gasteiger partial charge on any atom is -0.277 e. The number of allylic oxidation sites excluding steroid dienone is 5. The Bertz CT molecular complexity index is 304. The lowest BCUT2D eigenvalue weighted by Crippen LogP contribution is -2.05. The first-order valence-electron chi connectivity index (χ1n) is 3.78. The summed E-state index contributed by atoms with van der Waals surface area (Å²) < 4.78 is 0. The highest BCUT2D eigenvalue weighted by Gasteiger charge is 2.06. The first kappa shape index (κ1) is 8.65. The van der Waals surface area contributed by atoms with Gasteiger partial charge in [0.2, 0.25) is 0 Å². The van der Waals surface area contributed by atoms with Gasteiger partial charge in [-0.2, -0.15) is 0 Å². The molecule has 0 unspecified atom stereocenters. The first-order valence-corrected chi connectivity index (χ1v) is 3.78. The van der Waals surface area contributed by atoms with Crippen molar-refractivity contribution in [1.29, 1.82) is 0 Å². The molecule has 0 spiro atoms. The van der Waals surface area contributed by atoms with Gasteiger partial charge in [0.05, 0.1) is 5.71 Å². The molecular weight excluding hydrogens is 148 g/mol. The lowest BCUT2D eigenvalue weighted by Gasteiger charge is -2.08. The summed E-state index contributed by atoms with van der Waals surface area (Å²) in [6.07, 6.45) is 7.46. The molecular formula is C10H12N2. The molecule has 0 N–H and O–H groups in total. The predicted octanol–water partition coefficient (Wildman–Crippen LogP) is 2.16. The highest BCUT2D eigenvalue weighted by atomic mass is 14.8. The van der Waals surface area contributed by atoms with Gasteiger partial charge in [0.1, 0.15) is 6.34 Å². The molecule has 0 fully saturated rings. The van der Waals surface area contributed by atoms with Crippen LogP contribution in [0.5, 0.6) is 0 Å². The van der Waals surface area contributed by atoms with E-state index in [9.17, 15) is 0 Å². The van der Waals surface area contributed by atoms with Crippen molar-refractivity contribution in [3.05, 3.63) is 36.0 Å². The fraction of sp³-hybridized carbons (Fsp3) is 0.200. The van der Waals surface area contributed by atoms with Crippen molar-refractivity contribution >= 4 is 12.1 Å². The summed E-state index contributed by atoms with van der Waals surface area (Å²) in [5, 5.41) is 0. The molecule has 1 aliphatic carbocycles. The summed E-state index contributed by atoms with van der Waals surface area (Å²) in [6.45, 7) is 5.89. The largest absolute Gasteiger partial charge is 0.277 e. The van der Waals surface area contributed by atoms with E-state index in [1.807, 2.05) is 25.2 Å². The fourth-order valence-corrected chi connectivity index (χ4v) is 1.02. The molecule has 0 amide bonds. The Morgan fingerprint density at radius 3 is 2.83 bits per heavy atom. The van der Waals surface area contributed by atoms with Crippen molar-refractivity contribution in [3.63, 3.8) is 0 Å². The van der Waals surface area contributed by atoms with Crippen LogP contribution in [0, 0.1) is 0 Å². The minimum atomic E-state index is 0.920. The van der Waals surface area contributed by atoms with Crippen molar-refractivity contribution in [2.45, 2.75) is 6.92 Å². The van der Waals surface area contributed by atoms with E-state index in [2.05, 4.69) is 16.6 Å². The molecule has 1 aliphatic rings. The zero-order valence-corrected chi connectivity index (χ0v) is 7.41. The molecule has 0 aromatic carbocycles. The van der Waals surface area contributed by atoms with Crippen molar-refractivity contribution < 1.29 is 0 Å². The van der Waals surface area contributed by atoms with Gasteiger partial charge in [0.25, 0.3) is 0 Å². The Balaban J connectivity index is 2.97. The van der Waals surface area contributed by atoms with E-state index >= 15 is 0 Å². The smallest absolute Gasteiger partial charge is 0.110 e.